The molecule has 0 aliphatic carbocycles. The molecular formula is C14H22N2O5. The zero-order valence-corrected chi connectivity index (χ0v) is 12.9. The van der Waals surface area contributed by atoms with Crippen molar-refractivity contribution in [3.8, 4) is 0 Å². The van der Waals surface area contributed by atoms with Crippen molar-refractivity contribution in [2.45, 2.75) is 45.6 Å². The van der Waals surface area contributed by atoms with E-state index in [1.165, 1.54) is 7.11 Å². The molecule has 118 valence electrons. The molecule has 1 heterocycles. The molecule has 0 spiro atoms. The lowest BCUT2D eigenvalue weighted by Crippen LogP contribution is -2.50. The highest BCUT2D eigenvalue weighted by Gasteiger charge is 2.29. The maximum Gasteiger partial charge on any atom is 0.305 e. The van der Waals surface area contributed by atoms with Gasteiger partial charge in [0.2, 0.25) is 5.91 Å². The summed E-state index contributed by atoms with van der Waals surface area (Å²) in [5, 5.41) is 15.5. The fourth-order valence-electron chi connectivity index (χ4n) is 2.28. The quantitative estimate of drug-likeness (QED) is 0.748. The summed E-state index contributed by atoms with van der Waals surface area (Å²) in [7, 11) is 1.47. The van der Waals surface area contributed by atoms with Crippen molar-refractivity contribution < 1.29 is 24.0 Å². The van der Waals surface area contributed by atoms with Gasteiger partial charge in [-0.05, 0) is 27.2 Å². The number of ether oxygens (including phenoxy) is 1. The molecule has 0 aliphatic rings. The highest BCUT2D eigenvalue weighted by Crippen LogP contribution is 2.15. The van der Waals surface area contributed by atoms with Crippen molar-refractivity contribution in [1.82, 2.24) is 10.5 Å². The average Bonchev–Trinajstić information content (AvgIpc) is 2.65. The number of aromatic nitrogens is 1. The molecule has 0 aliphatic heterocycles. The Labute approximate surface area is 123 Å². The summed E-state index contributed by atoms with van der Waals surface area (Å²) in [5.74, 6) is -0.512. The van der Waals surface area contributed by atoms with Gasteiger partial charge in [-0.2, -0.15) is 0 Å². The summed E-state index contributed by atoms with van der Waals surface area (Å²) in [6.07, 6.45) is 0.544. The molecule has 21 heavy (non-hydrogen) atoms. The standard InChI is InChI=1S/C14H22N2O5/c1-9-11(10(2)21-16-9)5-6-12(17)15-14(3,8-20-4)7-13(18)19/h5-8H2,1-4H3,(H,15,17)(H,18,19)/t14-/m0/s1. The van der Waals surface area contributed by atoms with Crippen LogP contribution in [0.4, 0.5) is 0 Å². The van der Waals surface area contributed by atoms with Crippen LogP contribution in [0.5, 0.6) is 0 Å². The lowest BCUT2D eigenvalue weighted by Gasteiger charge is -2.28. The van der Waals surface area contributed by atoms with E-state index in [2.05, 4.69) is 10.5 Å². The summed E-state index contributed by atoms with van der Waals surface area (Å²) >= 11 is 0. The van der Waals surface area contributed by atoms with Gasteiger partial charge in [-0.3, -0.25) is 9.59 Å². The van der Waals surface area contributed by atoms with Crippen LogP contribution in [-0.2, 0) is 20.7 Å². The number of nitrogens with one attached hydrogen (secondary N) is 1. The second-order valence-corrected chi connectivity index (χ2v) is 5.42. The van der Waals surface area contributed by atoms with Gasteiger partial charge in [-0.1, -0.05) is 5.16 Å². The summed E-state index contributed by atoms with van der Waals surface area (Å²) in [4.78, 5) is 22.9. The number of amides is 1. The van der Waals surface area contributed by atoms with E-state index in [0.717, 1.165) is 11.3 Å². The summed E-state index contributed by atoms with van der Waals surface area (Å²) < 4.78 is 10.0. The third-order valence-corrected chi connectivity index (χ3v) is 3.23. The molecule has 7 nitrogen and oxygen atoms in total. The molecular weight excluding hydrogens is 276 g/mol. The normalized spacial score (nSPS) is 13.7. The Balaban J connectivity index is 2.60. The van der Waals surface area contributed by atoms with Crippen LogP contribution in [0.3, 0.4) is 0 Å². The van der Waals surface area contributed by atoms with Gasteiger partial charge in [0.25, 0.3) is 0 Å². The first kappa shape index (κ1) is 17.2. The molecule has 1 rings (SSSR count). The molecule has 0 fully saturated rings. The molecule has 1 amide bonds. The third-order valence-electron chi connectivity index (χ3n) is 3.23. The smallest absolute Gasteiger partial charge is 0.305 e. The van der Waals surface area contributed by atoms with E-state index in [1.54, 1.807) is 13.8 Å². The van der Waals surface area contributed by atoms with E-state index >= 15 is 0 Å². The van der Waals surface area contributed by atoms with E-state index in [4.69, 9.17) is 14.4 Å². The molecule has 0 aromatic carbocycles. The summed E-state index contributed by atoms with van der Waals surface area (Å²) in [6, 6.07) is 0. The van der Waals surface area contributed by atoms with E-state index < -0.39 is 11.5 Å². The number of carbonyl (C=O) groups excluding carboxylic acids is 1. The monoisotopic (exact) mass is 298 g/mol. The lowest BCUT2D eigenvalue weighted by molar-refractivity contribution is -0.139. The van der Waals surface area contributed by atoms with Crippen molar-refractivity contribution in [3.05, 3.63) is 17.0 Å². The van der Waals surface area contributed by atoms with Crippen LogP contribution in [0, 0.1) is 13.8 Å². The summed E-state index contributed by atoms with van der Waals surface area (Å²) in [5.41, 5.74) is 0.762. The summed E-state index contributed by atoms with van der Waals surface area (Å²) in [6.45, 7) is 5.41. The SMILES string of the molecule is COC[C@](C)(CC(=O)O)NC(=O)CCc1c(C)noc1C. The number of aliphatic carboxylic acids is 1. The minimum absolute atomic E-state index is 0.135. The Morgan fingerprint density at radius 1 is 1.43 bits per heavy atom. The van der Waals surface area contributed by atoms with Crippen molar-refractivity contribution in [2.75, 3.05) is 13.7 Å². The molecule has 2 N–H and O–H groups in total. The second-order valence-electron chi connectivity index (χ2n) is 5.42. The predicted molar refractivity (Wildman–Crippen MR) is 75.0 cm³/mol. The number of carboxylic acids is 1. The van der Waals surface area contributed by atoms with Crippen LogP contribution in [0.1, 0.15) is 36.8 Å². The first-order chi connectivity index (χ1) is 9.77. The number of nitrogens with zero attached hydrogens (tertiary/aromatic N) is 1. The molecule has 1 aromatic rings. The molecule has 0 saturated heterocycles. The number of carboxylic acid groups (broad SMARTS) is 1. The second kappa shape index (κ2) is 7.21. The maximum atomic E-state index is 12.0. The van der Waals surface area contributed by atoms with Gasteiger partial charge in [0, 0.05) is 19.1 Å². The number of aryl methyl sites for hydroxylation is 2. The highest BCUT2D eigenvalue weighted by molar-refractivity contribution is 5.78. The van der Waals surface area contributed by atoms with Crippen LogP contribution in [0.2, 0.25) is 0 Å². The molecule has 0 saturated carbocycles. The zero-order chi connectivity index (χ0) is 16.0. The van der Waals surface area contributed by atoms with Gasteiger partial charge in [0.15, 0.2) is 0 Å². The molecule has 0 radical (unpaired) electrons. The Bertz CT molecular complexity index is 492. The number of carbonyl (C=O) groups is 2. The van der Waals surface area contributed by atoms with E-state index in [9.17, 15) is 9.59 Å². The van der Waals surface area contributed by atoms with E-state index in [1.807, 2.05) is 6.92 Å². The van der Waals surface area contributed by atoms with Gasteiger partial charge in [0.1, 0.15) is 5.76 Å². The van der Waals surface area contributed by atoms with E-state index in [0.29, 0.717) is 12.2 Å². The number of methoxy groups -OCH3 is 1. The zero-order valence-electron chi connectivity index (χ0n) is 12.9. The van der Waals surface area contributed by atoms with Crippen LogP contribution in [0.25, 0.3) is 0 Å². The van der Waals surface area contributed by atoms with Crippen molar-refractivity contribution in [3.63, 3.8) is 0 Å². The fraction of sp³-hybridized carbons (Fsp3) is 0.643. The van der Waals surface area contributed by atoms with Crippen LogP contribution >= 0.6 is 0 Å². The first-order valence-corrected chi connectivity index (χ1v) is 6.71. The molecule has 1 aromatic heterocycles. The Morgan fingerprint density at radius 3 is 2.57 bits per heavy atom. The molecule has 1 atom stereocenters. The van der Waals surface area contributed by atoms with Gasteiger partial charge in [-0.25, -0.2) is 0 Å². The molecule has 0 unspecified atom stereocenters. The van der Waals surface area contributed by atoms with Crippen molar-refractivity contribution >= 4 is 11.9 Å². The number of hydrogen-bond acceptors (Lipinski definition) is 5. The minimum Gasteiger partial charge on any atom is -0.481 e. The Kier molecular flexibility index (Phi) is 5.90. The first-order valence-electron chi connectivity index (χ1n) is 6.71. The fourth-order valence-corrected chi connectivity index (χ4v) is 2.28. The number of hydrogen-bond donors (Lipinski definition) is 2. The van der Waals surface area contributed by atoms with Gasteiger partial charge < -0.3 is 19.7 Å². The van der Waals surface area contributed by atoms with E-state index in [-0.39, 0.29) is 25.4 Å². The van der Waals surface area contributed by atoms with Crippen LogP contribution in [0.15, 0.2) is 4.52 Å². The van der Waals surface area contributed by atoms with Gasteiger partial charge in [-0.15, -0.1) is 0 Å². The van der Waals surface area contributed by atoms with Crippen molar-refractivity contribution in [2.24, 2.45) is 0 Å². The van der Waals surface area contributed by atoms with Crippen LogP contribution in [-0.4, -0.2) is 41.4 Å². The largest absolute Gasteiger partial charge is 0.481 e. The minimum atomic E-state index is -0.986. The third kappa shape index (κ3) is 5.18. The van der Waals surface area contributed by atoms with Gasteiger partial charge in [0.05, 0.1) is 24.3 Å². The Morgan fingerprint density at radius 2 is 2.10 bits per heavy atom. The van der Waals surface area contributed by atoms with Crippen molar-refractivity contribution in [1.29, 1.82) is 0 Å². The predicted octanol–water partition coefficient (Wildman–Crippen LogP) is 1.22. The number of rotatable bonds is 8. The Hall–Kier alpha value is -1.89. The molecule has 0 bridgehead atoms. The highest BCUT2D eigenvalue weighted by atomic mass is 16.5. The topological polar surface area (TPSA) is 102 Å². The maximum absolute atomic E-state index is 12.0. The lowest BCUT2D eigenvalue weighted by atomic mass is 9.98. The van der Waals surface area contributed by atoms with Gasteiger partial charge >= 0.3 is 5.97 Å². The average molecular weight is 298 g/mol. The molecule has 7 heteroatoms. The van der Waals surface area contributed by atoms with Crippen LogP contribution < -0.4 is 5.32 Å².